The smallest absolute Gasteiger partial charge is 0.219 e. The van der Waals surface area contributed by atoms with Crippen LogP contribution in [0, 0.1) is 6.92 Å². The number of halogens is 2. The molecular weight excluding hydrogens is 307 g/mol. The first-order valence-electron chi connectivity index (χ1n) is 6.75. The highest BCUT2D eigenvalue weighted by Gasteiger charge is 2.12. The number of rotatable bonds is 4. The van der Waals surface area contributed by atoms with Crippen molar-refractivity contribution in [2.45, 2.75) is 33.2 Å². The van der Waals surface area contributed by atoms with Crippen LogP contribution in [0.2, 0.25) is 10.0 Å². The molecule has 2 N–H and O–H groups in total. The Morgan fingerprint density at radius 2 is 1.90 bits per heavy atom. The van der Waals surface area contributed by atoms with E-state index in [1.54, 1.807) is 12.1 Å². The number of aromatic nitrogens is 1. The van der Waals surface area contributed by atoms with Crippen LogP contribution in [-0.4, -0.2) is 4.98 Å². The maximum atomic E-state index is 6.26. The normalized spacial score (nSPS) is 11.0. The predicted octanol–water partition coefficient (Wildman–Crippen LogP) is 5.07. The van der Waals surface area contributed by atoms with E-state index < -0.39 is 0 Å². The molecule has 0 amide bonds. The SMILES string of the molecule is Cc1cc(Cl)c(C(C)C)cc1Oc1ccc(Cl)c(CN)n1. The molecule has 0 atom stereocenters. The second-order valence-electron chi connectivity index (χ2n) is 5.18. The largest absolute Gasteiger partial charge is 0.439 e. The van der Waals surface area contributed by atoms with Gasteiger partial charge in [0, 0.05) is 17.6 Å². The van der Waals surface area contributed by atoms with Crippen LogP contribution in [0.4, 0.5) is 0 Å². The van der Waals surface area contributed by atoms with Gasteiger partial charge in [-0.1, -0.05) is 37.0 Å². The Morgan fingerprint density at radius 3 is 2.52 bits per heavy atom. The quantitative estimate of drug-likeness (QED) is 0.853. The third kappa shape index (κ3) is 3.67. The molecule has 21 heavy (non-hydrogen) atoms. The first-order chi connectivity index (χ1) is 9.92. The fraction of sp³-hybridized carbons (Fsp3) is 0.312. The van der Waals surface area contributed by atoms with Crippen molar-refractivity contribution >= 4 is 23.2 Å². The van der Waals surface area contributed by atoms with E-state index in [0.717, 1.165) is 21.9 Å². The predicted molar refractivity (Wildman–Crippen MR) is 87.5 cm³/mol. The molecule has 1 heterocycles. The fourth-order valence-corrected chi connectivity index (χ4v) is 2.62. The van der Waals surface area contributed by atoms with E-state index in [4.69, 9.17) is 33.7 Å². The summed E-state index contributed by atoms with van der Waals surface area (Å²) in [6, 6.07) is 7.33. The highest BCUT2D eigenvalue weighted by atomic mass is 35.5. The van der Waals surface area contributed by atoms with Crippen LogP contribution in [0.25, 0.3) is 0 Å². The summed E-state index contributed by atoms with van der Waals surface area (Å²) in [5, 5.41) is 1.29. The molecule has 0 radical (unpaired) electrons. The summed E-state index contributed by atoms with van der Waals surface area (Å²) in [7, 11) is 0. The van der Waals surface area contributed by atoms with Crippen molar-refractivity contribution in [3.8, 4) is 11.6 Å². The lowest BCUT2D eigenvalue weighted by atomic mass is 10.0. The molecule has 0 saturated carbocycles. The van der Waals surface area contributed by atoms with Gasteiger partial charge >= 0.3 is 0 Å². The van der Waals surface area contributed by atoms with Crippen LogP contribution in [0.1, 0.15) is 36.6 Å². The molecule has 5 heteroatoms. The summed E-state index contributed by atoms with van der Waals surface area (Å²) in [5.41, 5.74) is 8.22. The van der Waals surface area contributed by atoms with E-state index in [9.17, 15) is 0 Å². The fourth-order valence-electron chi connectivity index (χ4n) is 2.00. The summed E-state index contributed by atoms with van der Waals surface area (Å²) >= 11 is 12.3. The van der Waals surface area contributed by atoms with Crippen LogP contribution in [0.15, 0.2) is 24.3 Å². The molecule has 0 aliphatic carbocycles. The Balaban J connectivity index is 2.37. The lowest BCUT2D eigenvalue weighted by molar-refractivity contribution is 0.456. The van der Waals surface area contributed by atoms with Crippen LogP contribution in [0.5, 0.6) is 11.6 Å². The summed E-state index contributed by atoms with van der Waals surface area (Å²) in [5.74, 6) is 1.53. The molecule has 2 rings (SSSR count). The van der Waals surface area contributed by atoms with E-state index >= 15 is 0 Å². The van der Waals surface area contributed by atoms with Crippen molar-refractivity contribution in [3.05, 3.63) is 51.1 Å². The first-order valence-corrected chi connectivity index (χ1v) is 7.51. The van der Waals surface area contributed by atoms with Crippen LogP contribution < -0.4 is 10.5 Å². The van der Waals surface area contributed by atoms with E-state index in [0.29, 0.717) is 22.5 Å². The number of hydrogen-bond donors (Lipinski definition) is 1. The number of nitrogens with zero attached hydrogens (tertiary/aromatic N) is 1. The van der Waals surface area contributed by atoms with Gasteiger partial charge in [0.1, 0.15) is 5.75 Å². The Labute approximate surface area is 135 Å². The van der Waals surface area contributed by atoms with Gasteiger partial charge in [-0.3, -0.25) is 0 Å². The maximum Gasteiger partial charge on any atom is 0.219 e. The number of benzene rings is 1. The average molecular weight is 325 g/mol. The lowest BCUT2D eigenvalue weighted by Gasteiger charge is -2.14. The van der Waals surface area contributed by atoms with Gasteiger partial charge in [-0.05, 0) is 42.2 Å². The topological polar surface area (TPSA) is 48.1 Å². The summed E-state index contributed by atoms with van der Waals surface area (Å²) in [6.07, 6.45) is 0. The molecule has 0 fully saturated rings. The molecule has 1 aromatic carbocycles. The monoisotopic (exact) mass is 324 g/mol. The molecule has 0 aliphatic rings. The van der Waals surface area contributed by atoms with Gasteiger partial charge in [-0.15, -0.1) is 0 Å². The highest BCUT2D eigenvalue weighted by Crippen LogP contribution is 2.33. The minimum atomic E-state index is 0.271. The van der Waals surface area contributed by atoms with Crippen LogP contribution >= 0.6 is 23.2 Å². The number of pyridine rings is 1. The number of hydrogen-bond acceptors (Lipinski definition) is 3. The zero-order valence-corrected chi connectivity index (χ0v) is 13.8. The van der Waals surface area contributed by atoms with E-state index in [1.807, 2.05) is 19.1 Å². The molecule has 3 nitrogen and oxygen atoms in total. The molecular formula is C16H18Cl2N2O. The van der Waals surface area contributed by atoms with E-state index in [2.05, 4.69) is 18.8 Å². The second kappa shape index (κ2) is 6.65. The molecule has 0 bridgehead atoms. The molecule has 0 aliphatic heterocycles. The Morgan fingerprint density at radius 1 is 1.19 bits per heavy atom. The second-order valence-corrected chi connectivity index (χ2v) is 5.99. The third-order valence-electron chi connectivity index (χ3n) is 3.22. The summed E-state index contributed by atoms with van der Waals surface area (Å²) < 4.78 is 5.87. The van der Waals surface area contributed by atoms with Gasteiger partial charge < -0.3 is 10.5 Å². The molecule has 0 saturated heterocycles. The van der Waals surface area contributed by atoms with Gasteiger partial charge in [0.25, 0.3) is 0 Å². The van der Waals surface area contributed by atoms with Crippen LogP contribution in [-0.2, 0) is 6.54 Å². The van der Waals surface area contributed by atoms with Gasteiger partial charge in [0.15, 0.2) is 0 Å². The lowest BCUT2D eigenvalue weighted by Crippen LogP contribution is -2.02. The third-order valence-corrected chi connectivity index (χ3v) is 3.89. The Bertz CT molecular complexity index is 657. The zero-order valence-electron chi connectivity index (χ0n) is 12.3. The minimum absolute atomic E-state index is 0.271. The Hall–Kier alpha value is -1.29. The van der Waals surface area contributed by atoms with Crippen molar-refractivity contribution in [2.75, 3.05) is 0 Å². The number of aryl methyl sites for hydroxylation is 1. The molecule has 0 spiro atoms. The van der Waals surface area contributed by atoms with Crippen molar-refractivity contribution in [1.29, 1.82) is 0 Å². The molecule has 2 aromatic rings. The van der Waals surface area contributed by atoms with Gasteiger partial charge in [0.2, 0.25) is 5.88 Å². The average Bonchev–Trinajstić information content (AvgIpc) is 2.43. The van der Waals surface area contributed by atoms with E-state index in [1.165, 1.54) is 0 Å². The summed E-state index contributed by atoms with van der Waals surface area (Å²) in [6.45, 7) is 6.40. The van der Waals surface area contributed by atoms with Crippen molar-refractivity contribution in [1.82, 2.24) is 4.98 Å². The molecule has 1 aromatic heterocycles. The number of ether oxygens (including phenoxy) is 1. The first kappa shape index (κ1) is 16.1. The van der Waals surface area contributed by atoms with Gasteiger partial charge in [-0.25, -0.2) is 4.98 Å². The maximum absolute atomic E-state index is 6.26. The standard InChI is InChI=1S/C16H18Cl2N2O/c1-9(2)11-7-15(10(3)6-13(11)18)21-16-5-4-12(17)14(8-19)20-16/h4-7,9H,8,19H2,1-3H3. The summed E-state index contributed by atoms with van der Waals surface area (Å²) in [4.78, 5) is 4.31. The van der Waals surface area contributed by atoms with Crippen molar-refractivity contribution in [3.63, 3.8) is 0 Å². The van der Waals surface area contributed by atoms with Crippen LogP contribution in [0.3, 0.4) is 0 Å². The zero-order chi connectivity index (χ0) is 15.6. The van der Waals surface area contributed by atoms with Crippen molar-refractivity contribution < 1.29 is 4.74 Å². The van der Waals surface area contributed by atoms with Gasteiger partial charge in [-0.2, -0.15) is 0 Å². The van der Waals surface area contributed by atoms with Gasteiger partial charge in [0.05, 0.1) is 10.7 Å². The Kier molecular flexibility index (Phi) is 5.09. The molecule has 112 valence electrons. The number of nitrogens with two attached hydrogens (primary N) is 1. The minimum Gasteiger partial charge on any atom is -0.439 e. The highest BCUT2D eigenvalue weighted by molar-refractivity contribution is 6.31. The van der Waals surface area contributed by atoms with Crippen molar-refractivity contribution in [2.24, 2.45) is 5.73 Å². The van der Waals surface area contributed by atoms with E-state index in [-0.39, 0.29) is 6.54 Å². The molecule has 0 unspecified atom stereocenters.